The van der Waals surface area contributed by atoms with Gasteiger partial charge in [-0.25, -0.2) is 0 Å². The molecule has 0 heterocycles. The standard InChI is InChI=1S/C10H9F3O2/c1-6(9(14)15)7-4-2-3-5-8(7)10(11,12)13/h2-6H,1H3,(H,14,15). The first-order valence-electron chi connectivity index (χ1n) is 4.23. The van der Waals surface area contributed by atoms with E-state index in [0.717, 1.165) is 6.07 Å². The molecule has 1 unspecified atom stereocenters. The molecule has 1 rings (SSSR count). The van der Waals surface area contributed by atoms with E-state index in [1.807, 2.05) is 0 Å². The number of carbonyl (C=O) groups is 1. The number of halogens is 3. The van der Waals surface area contributed by atoms with Crippen molar-refractivity contribution >= 4 is 5.97 Å². The average Bonchev–Trinajstić information content (AvgIpc) is 2.15. The molecular formula is C10H9F3O2. The van der Waals surface area contributed by atoms with E-state index in [2.05, 4.69) is 0 Å². The smallest absolute Gasteiger partial charge is 0.416 e. The lowest BCUT2D eigenvalue weighted by Gasteiger charge is -2.14. The van der Waals surface area contributed by atoms with E-state index in [1.54, 1.807) is 0 Å². The van der Waals surface area contributed by atoms with E-state index in [1.165, 1.54) is 25.1 Å². The van der Waals surface area contributed by atoms with E-state index in [-0.39, 0.29) is 5.56 Å². The molecule has 1 aromatic carbocycles. The number of hydrogen-bond acceptors (Lipinski definition) is 1. The van der Waals surface area contributed by atoms with Gasteiger partial charge in [-0.1, -0.05) is 18.2 Å². The summed E-state index contributed by atoms with van der Waals surface area (Å²) in [5.41, 5.74) is -1.10. The van der Waals surface area contributed by atoms with Gasteiger partial charge in [0, 0.05) is 0 Å². The lowest BCUT2D eigenvalue weighted by Crippen LogP contribution is -2.15. The maximum absolute atomic E-state index is 12.5. The predicted octanol–water partition coefficient (Wildman–Crippen LogP) is 2.89. The summed E-state index contributed by atoms with van der Waals surface area (Å²) in [6, 6.07) is 4.70. The maximum atomic E-state index is 12.5. The molecule has 0 radical (unpaired) electrons. The van der Waals surface area contributed by atoms with Crippen LogP contribution in [0.15, 0.2) is 24.3 Å². The largest absolute Gasteiger partial charge is 0.481 e. The minimum Gasteiger partial charge on any atom is -0.481 e. The highest BCUT2D eigenvalue weighted by atomic mass is 19.4. The van der Waals surface area contributed by atoms with Crippen molar-refractivity contribution in [2.24, 2.45) is 0 Å². The monoisotopic (exact) mass is 218 g/mol. The number of carboxylic acids is 1. The number of rotatable bonds is 2. The highest BCUT2D eigenvalue weighted by Gasteiger charge is 2.35. The lowest BCUT2D eigenvalue weighted by atomic mass is 9.95. The first-order chi connectivity index (χ1) is 6.84. The summed E-state index contributed by atoms with van der Waals surface area (Å²) in [7, 11) is 0. The van der Waals surface area contributed by atoms with Crippen LogP contribution < -0.4 is 0 Å². The van der Waals surface area contributed by atoms with Crippen LogP contribution in [0, 0.1) is 0 Å². The topological polar surface area (TPSA) is 37.3 Å². The molecule has 5 heteroatoms. The third-order valence-electron chi connectivity index (χ3n) is 2.10. The van der Waals surface area contributed by atoms with Crippen LogP contribution in [0.2, 0.25) is 0 Å². The average molecular weight is 218 g/mol. The van der Waals surface area contributed by atoms with E-state index >= 15 is 0 Å². The number of benzene rings is 1. The number of aliphatic carboxylic acids is 1. The van der Waals surface area contributed by atoms with Gasteiger partial charge in [0.15, 0.2) is 0 Å². The summed E-state index contributed by atoms with van der Waals surface area (Å²) >= 11 is 0. The Labute approximate surface area is 84.3 Å². The minimum atomic E-state index is -4.51. The molecule has 0 aliphatic rings. The lowest BCUT2D eigenvalue weighted by molar-refractivity contribution is -0.141. The van der Waals surface area contributed by atoms with E-state index in [0.29, 0.717) is 0 Å². The van der Waals surface area contributed by atoms with Crippen LogP contribution in [0.1, 0.15) is 24.0 Å². The van der Waals surface area contributed by atoms with Crippen LogP contribution in [0.25, 0.3) is 0 Å². The molecule has 0 bridgehead atoms. The predicted molar refractivity (Wildman–Crippen MR) is 47.5 cm³/mol. The summed E-state index contributed by atoms with van der Waals surface area (Å²) in [5.74, 6) is -2.44. The second kappa shape index (κ2) is 3.92. The van der Waals surface area contributed by atoms with Gasteiger partial charge >= 0.3 is 12.1 Å². The molecule has 0 fully saturated rings. The van der Waals surface area contributed by atoms with E-state index in [9.17, 15) is 18.0 Å². The van der Waals surface area contributed by atoms with Crippen molar-refractivity contribution in [1.82, 2.24) is 0 Å². The zero-order valence-electron chi connectivity index (χ0n) is 7.88. The number of carboxylic acid groups (broad SMARTS) is 1. The van der Waals surface area contributed by atoms with Crippen molar-refractivity contribution in [1.29, 1.82) is 0 Å². The van der Waals surface area contributed by atoms with Gasteiger partial charge in [0.05, 0.1) is 11.5 Å². The number of hydrogen-bond donors (Lipinski definition) is 1. The van der Waals surface area contributed by atoms with Crippen LogP contribution in [-0.2, 0) is 11.0 Å². The van der Waals surface area contributed by atoms with Crippen LogP contribution in [0.3, 0.4) is 0 Å². The Morgan fingerprint density at radius 1 is 1.33 bits per heavy atom. The van der Waals surface area contributed by atoms with Gasteiger partial charge in [-0.2, -0.15) is 13.2 Å². The molecule has 1 atom stereocenters. The molecule has 0 spiro atoms. The van der Waals surface area contributed by atoms with E-state index < -0.39 is 23.6 Å². The summed E-state index contributed by atoms with van der Waals surface area (Å²) in [6.07, 6.45) is -4.51. The first-order valence-corrected chi connectivity index (χ1v) is 4.23. The second-order valence-electron chi connectivity index (χ2n) is 3.14. The fourth-order valence-electron chi connectivity index (χ4n) is 1.27. The van der Waals surface area contributed by atoms with Gasteiger partial charge in [-0.15, -0.1) is 0 Å². The van der Waals surface area contributed by atoms with Crippen LogP contribution in [-0.4, -0.2) is 11.1 Å². The summed E-state index contributed by atoms with van der Waals surface area (Å²) in [5, 5.41) is 8.66. The van der Waals surface area contributed by atoms with Crippen LogP contribution >= 0.6 is 0 Å². The molecule has 0 aromatic heterocycles. The maximum Gasteiger partial charge on any atom is 0.416 e. The molecule has 15 heavy (non-hydrogen) atoms. The summed E-state index contributed by atoms with van der Waals surface area (Å²) in [6.45, 7) is 1.23. The zero-order valence-corrected chi connectivity index (χ0v) is 7.88. The molecule has 0 aliphatic heterocycles. The molecule has 0 amide bonds. The Kier molecular flexibility index (Phi) is 3.02. The summed E-state index contributed by atoms with van der Waals surface area (Å²) < 4.78 is 37.4. The third-order valence-corrected chi connectivity index (χ3v) is 2.10. The molecular weight excluding hydrogens is 209 g/mol. The zero-order chi connectivity index (χ0) is 11.6. The van der Waals surface area contributed by atoms with Crippen molar-refractivity contribution in [3.8, 4) is 0 Å². The molecule has 0 aliphatic carbocycles. The molecule has 2 nitrogen and oxygen atoms in total. The molecule has 0 saturated heterocycles. The fourth-order valence-corrected chi connectivity index (χ4v) is 1.27. The fraction of sp³-hybridized carbons (Fsp3) is 0.300. The Morgan fingerprint density at radius 2 is 1.87 bits per heavy atom. The Hall–Kier alpha value is -1.52. The van der Waals surface area contributed by atoms with Crippen molar-refractivity contribution in [2.75, 3.05) is 0 Å². The van der Waals surface area contributed by atoms with Gasteiger partial charge in [0.1, 0.15) is 0 Å². The number of alkyl halides is 3. The molecule has 82 valence electrons. The van der Waals surface area contributed by atoms with Gasteiger partial charge in [-0.3, -0.25) is 4.79 Å². The Morgan fingerprint density at radius 3 is 2.33 bits per heavy atom. The van der Waals surface area contributed by atoms with Crippen LogP contribution in [0.5, 0.6) is 0 Å². The highest BCUT2D eigenvalue weighted by Crippen LogP contribution is 2.34. The Balaban J connectivity index is 3.24. The SMILES string of the molecule is CC(C(=O)O)c1ccccc1C(F)(F)F. The van der Waals surface area contributed by atoms with Gasteiger partial charge in [-0.05, 0) is 18.6 Å². The normalized spacial score (nSPS) is 13.6. The molecule has 0 saturated carbocycles. The van der Waals surface area contributed by atoms with Gasteiger partial charge < -0.3 is 5.11 Å². The van der Waals surface area contributed by atoms with Crippen molar-refractivity contribution in [2.45, 2.75) is 19.0 Å². The minimum absolute atomic E-state index is 0.211. The van der Waals surface area contributed by atoms with Crippen molar-refractivity contribution in [3.05, 3.63) is 35.4 Å². The van der Waals surface area contributed by atoms with E-state index in [4.69, 9.17) is 5.11 Å². The second-order valence-corrected chi connectivity index (χ2v) is 3.14. The quantitative estimate of drug-likeness (QED) is 0.828. The van der Waals surface area contributed by atoms with Crippen molar-refractivity contribution < 1.29 is 23.1 Å². The molecule has 1 N–H and O–H groups in total. The van der Waals surface area contributed by atoms with Gasteiger partial charge in [0.25, 0.3) is 0 Å². The summed E-state index contributed by atoms with van der Waals surface area (Å²) in [4.78, 5) is 10.6. The third kappa shape index (κ3) is 2.49. The van der Waals surface area contributed by atoms with Crippen LogP contribution in [0.4, 0.5) is 13.2 Å². The Bertz CT molecular complexity index is 371. The van der Waals surface area contributed by atoms with Gasteiger partial charge in [0.2, 0.25) is 0 Å². The highest BCUT2D eigenvalue weighted by molar-refractivity contribution is 5.76. The molecule has 1 aromatic rings. The van der Waals surface area contributed by atoms with Crippen molar-refractivity contribution in [3.63, 3.8) is 0 Å². The first kappa shape index (κ1) is 11.6.